The van der Waals surface area contributed by atoms with Crippen molar-refractivity contribution in [2.24, 2.45) is 0 Å². The molecule has 0 aromatic carbocycles. The molecule has 1 saturated heterocycles. The van der Waals surface area contributed by atoms with Gasteiger partial charge < -0.3 is 9.47 Å². The number of ether oxygens (including phenoxy) is 2. The van der Waals surface area contributed by atoms with Gasteiger partial charge in [0.05, 0.1) is 5.60 Å². The van der Waals surface area contributed by atoms with Gasteiger partial charge in [0, 0.05) is 12.8 Å². The Labute approximate surface area is 136 Å². The lowest BCUT2D eigenvalue weighted by Crippen LogP contribution is -2.36. The molecule has 1 aliphatic carbocycles. The molecule has 2 rings (SSSR count). The second-order valence-electron chi connectivity index (χ2n) is 7.33. The zero-order chi connectivity index (χ0) is 16.2. The first kappa shape index (κ1) is 17.3. The molecule has 0 saturated carbocycles. The molecule has 2 heteroatoms. The van der Waals surface area contributed by atoms with Gasteiger partial charge in [0.15, 0.2) is 5.79 Å². The summed E-state index contributed by atoms with van der Waals surface area (Å²) in [6.07, 6.45) is 10.6. The van der Waals surface area contributed by atoms with Gasteiger partial charge in [-0.15, -0.1) is 5.92 Å². The number of rotatable bonds is 0. The number of allylic oxidation sites excluding steroid dienone is 4. The number of hydrogen-bond acceptors (Lipinski definition) is 2. The molecule has 2 atom stereocenters. The van der Waals surface area contributed by atoms with Crippen LogP contribution >= 0.6 is 0 Å². The van der Waals surface area contributed by atoms with E-state index < -0.39 is 5.79 Å². The molecule has 2 aliphatic rings. The Morgan fingerprint density at radius 3 is 2.55 bits per heavy atom. The molecule has 0 unspecified atom stereocenters. The predicted molar refractivity (Wildman–Crippen MR) is 91.4 cm³/mol. The number of fused-ring (bicyclic) bond motifs is 1. The van der Waals surface area contributed by atoms with E-state index in [1.807, 2.05) is 13.8 Å². The van der Waals surface area contributed by atoms with Crippen LogP contribution in [0.2, 0.25) is 0 Å². The van der Waals surface area contributed by atoms with E-state index >= 15 is 0 Å². The third-order valence-corrected chi connectivity index (χ3v) is 4.53. The minimum absolute atomic E-state index is 0.0518. The third-order valence-electron chi connectivity index (χ3n) is 4.53. The molecule has 0 bridgehead atoms. The zero-order valence-corrected chi connectivity index (χ0v) is 14.8. The monoisotopic (exact) mass is 302 g/mol. The SMILES string of the molecule is C/C1=C\CC/C(C)=C/CC[C@@]2(C)OC(C)(C)O[C@H]2CC#CC1. The summed E-state index contributed by atoms with van der Waals surface area (Å²) in [6, 6.07) is 0. The average molecular weight is 302 g/mol. The van der Waals surface area contributed by atoms with Crippen molar-refractivity contribution in [3.8, 4) is 11.8 Å². The largest absolute Gasteiger partial charge is 0.343 e. The van der Waals surface area contributed by atoms with Crippen LogP contribution in [-0.4, -0.2) is 17.5 Å². The third kappa shape index (κ3) is 4.73. The van der Waals surface area contributed by atoms with E-state index in [1.54, 1.807) is 0 Å². The van der Waals surface area contributed by atoms with Crippen LogP contribution in [0.5, 0.6) is 0 Å². The highest BCUT2D eigenvalue weighted by Crippen LogP contribution is 2.40. The molecular weight excluding hydrogens is 272 g/mol. The van der Waals surface area contributed by atoms with Crippen molar-refractivity contribution >= 4 is 0 Å². The van der Waals surface area contributed by atoms with E-state index in [-0.39, 0.29) is 11.7 Å². The minimum Gasteiger partial charge on any atom is -0.343 e. The Balaban J connectivity index is 2.18. The molecule has 1 heterocycles. The van der Waals surface area contributed by atoms with Gasteiger partial charge in [-0.1, -0.05) is 29.2 Å². The van der Waals surface area contributed by atoms with Crippen molar-refractivity contribution in [3.63, 3.8) is 0 Å². The highest BCUT2D eigenvalue weighted by atomic mass is 16.8. The van der Waals surface area contributed by atoms with Crippen molar-refractivity contribution in [2.45, 2.75) is 90.6 Å². The maximum atomic E-state index is 6.23. The molecule has 0 N–H and O–H groups in total. The second-order valence-corrected chi connectivity index (χ2v) is 7.33. The van der Waals surface area contributed by atoms with E-state index in [9.17, 15) is 0 Å². The van der Waals surface area contributed by atoms with E-state index in [4.69, 9.17) is 9.47 Å². The standard InChI is InChI=1S/C20H30O2/c1-16-10-6-7-14-18-20(5,22-19(3,4)21-18)15-9-13-17(2)12-8-11-16/h11,13,18H,8-10,12,14-15H2,1-5H3/b16-11+,17-13+/t18-,20+/m0/s1. The molecule has 22 heavy (non-hydrogen) atoms. The second kappa shape index (κ2) is 7.02. The van der Waals surface area contributed by atoms with Crippen LogP contribution in [0.15, 0.2) is 23.3 Å². The van der Waals surface area contributed by atoms with E-state index in [0.29, 0.717) is 0 Å². The summed E-state index contributed by atoms with van der Waals surface area (Å²) >= 11 is 0. The van der Waals surface area contributed by atoms with Crippen LogP contribution in [-0.2, 0) is 9.47 Å². The van der Waals surface area contributed by atoms with Crippen LogP contribution in [0.1, 0.15) is 73.1 Å². The van der Waals surface area contributed by atoms with Crippen LogP contribution in [0, 0.1) is 11.8 Å². The van der Waals surface area contributed by atoms with Crippen molar-refractivity contribution in [1.82, 2.24) is 0 Å². The Morgan fingerprint density at radius 2 is 1.77 bits per heavy atom. The lowest BCUT2D eigenvalue weighted by molar-refractivity contribution is -0.161. The number of hydrogen-bond donors (Lipinski definition) is 0. The lowest BCUT2D eigenvalue weighted by Gasteiger charge is -2.28. The summed E-state index contributed by atoms with van der Waals surface area (Å²) in [5, 5.41) is 0. The highest BCUT2D eigenvalue weighted by Gasteiger charge is 2.49. The Kier molecular flexibility index (Phi) is 5.53. The van der Waals surface area contributed by atoms with E-state index in [0.717, 1.165) is 38.5 Å². The molecule has 0 spiro atoms. The topological polar surface area (TPSA) is 18.5 Å². The van der Waals surface area contributed by atoms with Gasteiger partial charge in [0.1, 0.15) is 6.10 Å². The summed E-state index contributed by atoms with van der Waals surface area (Å²) in [7, 11) is 0. The van der Waals surface area contributed by atoms with E-state index in [2.05, 4.69) is 44.8 Å². The fraction of sp³-hybridized carbons (Fsp3) is 0.700. The van der Waals surface area contributed by atoms with Crippen molar-refractivity contribution in [3.05, 3.63) is 23.3 Å². The molecule has 0 radical (unpaired) electrons. The maximum absolute atomic E-state index is 6.23. The fourth-order valence-corrected chi connectivity index (χ4v) is 3.28. The molecule has 0 amide bonds. The quantitative estimate of drug-likeness (QED) is 0.455. The molecule has 2 nitrogen and oxygen atoms in total. The average Bonchev–Trinajstić information content (AvgIpc) is 2.63. The molecule has 122 valence electrons. The summed E-state index contributed by atoms with van der Waals surface area (Å²) in [5.74, 6) is 6.08. The maximum Gasteiger partial charge on any atom is 0.164 e. The smallest absolute Gasteiger partial charge is 0.164 e. The van der Waals surface area contributed by atoms with Gasteiger partial charge in [0.2, 0.25) is 0 Å². The zero-order valence-electron chi connectivity index (χ0n) is 14.8. The first-order valence-electron chi connectivity index (χ1n) is 8.46. The summed E-state index contributed by atoms with van der Waals surface area (Å²) in [5.41, 5.74) is 2.58. The van der Waals surface area contributed by atoms with Crippen LogP contribution in [0.3, 0.4) is 0 Å². The van der Waals surface area contributed by atoms with Gasteiger partial charge in [-0.3, -0.25) is 0 Å². The summed E-state index contributed by atoms with van der Waals surface area (Å²) < 4.78 is 12.3. The van der Waals surface area contributed by atoms with Crippen LogP contribution in [0.4, 0.5) is 0 Å². The Hall–Kier alpha value is -1.04. The Morgan fingerprint density at radius 1 is 1.05 bits per heavy atom. The van der Waals surface area contributed by atoms with Gasteiger partial charge in [-0.2, -0.15) is 0 Å². The first-order valence-corrected chi connectivity index (χ1v) is 8.46. The molecular formula is C20H30O2. The van der Waals surface area contributed by atoms with Crippen molar-refractivity contribution in [2.75, 3.05) is 0 Å². The molecule has 0 aromatic heterocycles. The Bertz CT molecular complexity index is 516. The summed E-state index contributed by atoms with van der Waals surface area (Å²) in [4.78, 5) is 0. The normalized spacial score (nSPS) is 37.6. The summed E-state index contributed by atoms with van der Waals surface area (Å²) in [6.45, 7) is 10.6. The highest BCUT2D eigenvalue weighted by molar-refractivity contribution is 5.14. The van der Waals surface area contributed by atoms with Gasteiger partial charge >= 0.3 is 0 Å². The van der Waals surface area contributed by atoms with Gasteiger partial charge in [0.25, 0.3) is 0 Å². The van der Waals surface area contributed by atoms with Crippen molar-refractivity contribution in [1.29, 1.82) is 0 Å². The van der Waals surface area contributed by atoms with Crippen LogP contribution in [0.25, 0.3) is 0 Å². The van der Waals surface area contributed by atoms with E-state index in [1.165, 1.54) is 11.1 Å². The minimum atomic E-state index is -0.510. The predicted octanol–water partition coefficient (Wildman–Crippen LogP) is 5.15. The van der Waals surface area contributed by atoms with Gasteiger partial charge in [-0.05, 0) is 60.3 Å². The molecule has 1 fully saturated rings. The lowest BCUT2D eigenvalue weighted by atomic mass is 9.90. The van der Waals surface area contributed by atoms with Gasteiger partial charge in [-0.25, -0.2) is 0 Å². The van der Waals surface area contributed by atoms with Crippen molar-refractivity contribution < 1.29 is 9.47 Å². The first-order chi connectivity index (χ1) is 10.3. The fourth-order valence-electron chi connectivity index (χ4n) is 3.28. The van der Waals surface area contributed by atoms with Crippen LogP contribution < -0.4 is 0 Å². The molecule has 1 aliphatic heterocycles. The molecule has 0 aromatic rings.